The molecule has 0 spiro atoms. The highest BCUT2D eigenvalue weighted by Crippen LogP contribution is 2.40. The van der Waals surface area contributed by atoms with Crippen molar-refractivity contribution >= 4 is 38.4 Å². The molecule has 37 heavy (non-hydrogen) atoms. The van der Waals surface area contributed by atoms with E-state index in [0.717, 1.165) is 50.9 Å². The summed E-state index contributed by atoms with van der Waals surface area (Å²) in [6.45, 7) is 5.37. The van der Waals surface area contributed by atoms with Gasteiger partial charge in [-0.15, -0.1) is 0 Å². The molecule has 2 heterocycles. The number of amides is 1. The van der Waals surface area contributed by atoms with Gasteiger partial charge in [-0.3, -0.25) is 9.78 Å². The SMILES string of the molecule is COc1cc2c(C(=O)NCCCC(C)(C)N(C)C)cc3c4cc5c(cc4ncc3c2cc1OC)OOC5. The normalized spacial score (nSPS) is 13.3. The van der Waals surface area contributed by atoms with Gasteiger partial charge in [-0.2, -0.15) is 4.89 Å². The van der Waals surface area contributed by atoms with E-state index in [-0.39, 0.29) is 11.4 Å². The summed E-state index contributed by atoms with van der Waals surface area (Å²) in [6, 6.07) is 9.65. The molecular formula is C29H33N3O5. The summed E-state index contributed by atoms with van der Waals surface area (Å²) in [5, 5.41) is 7.58. The number of fused-ring (bicyclic) bond motifs is 6. The molecule has 4 aromatic rings. The van der Waals surface area contributed by atoms with Crippen LogP contribution in [0.3, 0.4) is 0 Å². The fourth-order valence-electron chi connectivity index (χ4n) is 4.78. The van der Waals surface area contributed by atoms with Crippen LogP contribution in [0.4, 0.5) is 0 Å². The molecule has 0 aliphatic carbocycles. The number of methoxy groups -OCH3 is 2. The summed E-state index contributed by atoms with van der Waals surface area (Å²) in [5.74, 6) is 1.71. The monoisotopic (exact) mass is 503 g/mol. The summed E-state index contributed by atoms with van der Waals surface area (Å²) in [4.78, 5) is 30.9. The van der Waals surface area contributed by atoms with Gasteiger partial charge in [0.2, 0.25) is 0 Å². The Morgan fingerprint density at radius 1 is 1.00 bits per heavy atom. The second kappa shape index (κ2) is 9.68. The van der Waals surface area contributed by atoms with Gasteiger partial charge in [-0.25, -0.2) is 0 Å². The molecule has 3 aromatic carbocycles. The summed E-state index contributed by atoms with van der Waals surface area (Å²) in [6.07, 6.45) is 3.67. The maximum Gasteiger partial charge on any atom is 0.251 e. The van der Waals surface area contributed by atoms with Crippen molar-refractivity contribution < 1.29 is 24.0 Å². The van der Waals surface area contributed by atoms with E-state index in [2.05, 4.69) is 38.2 Å². The Kier molecular flexibility index (Phi) is 6.56. The first-order chi connectivity index (χ1) is 17.7. The van der Waals surface area contributed by atoms with Gasteiger partial charge in [0.15, 0.2) is 17.2 Å². The third kappa shape index (κ3) is 4.51. The van der Waals surface area contributed by atoms with E-state index in [0.29, 0.717) is 36.0 Å². The number of aromatic nitrogens is 1. The number of nitrogens with zero attached hydrogens (tertiary/aromatic N) is 2. The smallest absolute Gasteiger partial charge is 0.251 e. The van der Waals surface area contributed by atoms with E-state index in [4.69, 9.17) is 24.2 Å². The van der Waals surface area contributed by atoms with Gasteiger partial charge in [-0.05, 0) is 81.2 Å². The van der Waals surface area contributed by atoms with Crippen LogP contribution in [-0.2, 0) is 11.5 Å². The standard InChI is InChI=1S/C29H33N3O5/c1-29(2,32(3)4)8-7-9-30-28(33)22-11-18-21-10-17-16-36-37-25(17)14-24(21)31-15-23(18)20-13-27(35-6)26(34-5)12-19(20)22/h10-15H,7-9,16H2,1-6H3,(H,30,33). The fraction of sp³-hybridized carbons (Fsp3) is 0.379. The van der Waals surface area contributed by atoms with Crippen LogP contribution in [0.5, 0.6) is 17.2 Å². The first-order valence-electron chi connectivity index (χ1n) is 12.4. The molecule has 1 aromatic heterocycles. The Labute approximate surface area is 216 Å². The molecule has 1 aliphatic rings. The first-order valence-corrected chi connectivity index (χ1v) is 12.4. The van der Waals surface area contributed by atoms with Gasteiger partial charge in [0.1, 0.15) is 6.61 Å². The van der Waals surface area contributed by atoms with Crippen molar-refractivity contribution in [2.75, 3.05) is 34.9 Å². The minimum absolute atomic E-state index is 0.0594. The maximum absolute atomic E-state index is 13.6. The van der Waals surface area contributed by atoms with Crippen molar-refractivity contribution in [3.05, 3.63) is 47.7 Å². The molecule has 0 bridgehead atoms. The zero-order chi connectivity index (χ0) is 26.3. The zero-order valence-electron chi connectivity index (χ0n) is 22.2. The average molecular weight is 504 g/mol. The Bertz CT molecular complexity index is 1510. The Hall–Kier alpha value is -3.62. The van der Waals surface area contributed by atoms with Gasteiger partial charge < -0.3 is 24.6 Å². The third-order valence-electron chi connectivity index (χ3n) is 7.55. The lowest BCUT2D eigenvalue weighted by molar-refractivity contribution is -0.194. The molecule has 0 atom stereocenters. The maximum atomic E-state index is 13.6. The summed E-state index contributed by atoms with van der Waals surface area (Å²) >= 11 is 0. The van der Waals surface area contributed by atoms with Gasteiger partial charge in [0, 0.05) is 46.2 Å². The molecule has 0 radical (unpaired) electrons. The average Bonchev–Trinajstić information content (AvgIpc) is 3.35. The van der Waals surface area contributed by atoms with Crippen LogP contribution in [0, 0.1) is 0 Å². The van der Waals surface area contributed by atoms with Gasteiger partial charge in [0.05, 0.1) is 19.7 Å². The van der Waals surface area contributed by atoms with E-state index < -0.39 is 0 Å². The minimum atomic E-state index is -0.125. The van der Waals surface area contributed by atoms with Crippen molar-refractivity contribution in [1.82, 2.24) is 15.2 Å². The lowest BCUT2D eigenvalue weighted by Crippen LogP contribution is -2.38. The first kappa shape index (κ1) is 25.0. The number of ether oxygens (including phenoxy) is 2. The van der Waals surface area contributed by atoms with Crippen molar-refractivity contribution in [3.63, 3.8) is 0 Å². The quantitative estimate of drug-likeness (QED) is 0.200. The zero-order valence-corrected chi connectivity index (χ0v) is 22.2. The molecule has 8 heteroatoms. The number of hydrogen-bond donors (Lipinski definition) is 1. The Morgan fingerprint density at radius 2 is 1.70 bits per heavy atom. The molecule has 1 amide bonds. The number of carbonyl (C=O) groups is 1. The third-order valence-corrected chi connectivity index (χ3v) is 7.55. The summed E-state index contributed by atoms with van der Waals surface area (Å²) in [7, 11) is 7.36. The predicted molar refractivity (Wildman–Crippen MR) is 145 cm³/mol. The number of carbonyl (C=O) groups excluding carboxylic acids is 1. The van der Waals surface area contributed by atoms with Gasteiger partial charge in [0.25, 0.3) is 5.91 Å². The molecule has 8 nitrogen and oxygen atoms in total. The van der Waals surface area contributed by atoms with Crippen molar-refractivity contribution in [3.8, 4) is 17.2 Å². The van der Waals surface area contributed by atoms with Crippen molar-refractivity contribution in [2.24, 2.45) is 0 Å². The van der Waals surface area contributed by atoms with E-state index in [1.165, 1.54) is 0 Å². The molecular weight excluding hydrogens is 470 g/mol. The molecule has 0 unspecified atom stereocenters. The largest absolute Gasteiger partial charge is 0.493 e. The molecule has 5 rings (SSSR count). The van der Waals surface area contributed by atoms with E-state index >= 15 is 0 Å². The number of pyridine rings is 1. The lowest BCUT2D eigenvalue weighted by Gasteiger charge is -2.32. The van der Waals surface area contributed by atoms with E-state index in [1.807, 2.05) is 36.5 Å². The Balaban J connectivity index is 1.62. The Morgan fingerprint density at radius 3 is 2.41 bits per heavy atom. The van der Waals surface area contributed by atoms with E-state index in [9.17, 15) is 4.79 Å². The van der Waals surface area contributed by atoms with Crippen LogP contribution < -0.4 is 19.7 Å². The lowest BCUT2D eigenvalue weighted by atomic mass is 9.94. The van der Waals surface area contributed by atoms with Crippen LogP contribution in [0.1, 0.15) is 42.6 Å². The number of benzene rings is 3. The van der Waals surface area contributed by atoms with Gasteiger partial charge in [-0.1, -0.05) is 0 Å². The molecule has 0 saturated carbocycles. The number of hydrogen-bond acceptors (Lipinski definition) is 7. The highest BCUT2D eigenvalue weighted by atomic mass is 17.2. The summed E-state index contributed by atoms with van der Waals surface area (Å²) in [5.41, 5.74) is 2.36. The molecule has 1 N–H and O–H groups in total. The van der Waals surface area contributed by atoms with Crippen molar-refractivity contribution in [2.45, 2.75) is 38.8 Å². The molecule has 0 fully saturated rings. The highest BCUT2D eigenvalue weighted by Gasteiger charge is 2.22. The van der Waals surface area contributed by atoms with Gasteiger partial charge >= 0.3 is 0 Å². The van der Waals surface area contributed by atoms with Crippen LogP contribution in [0.25, 0.3) is 32.4 Å². The molecule has 1 aliphatic heterocycles. The topological polar surface area (TPSA) is 82.2 Å². The second-order valence-electron chi connectivity index (χ2n) is 10.3. The predicted octanol–water partition coefficient (Wildman–Crippen LogP) is 5.23. The van der Waals surface area contributed by atoms with Crippen molar-refractivity contribution in [1.29, 1.82) is 0 Å². The number of rotatable bonds is 8. The highest BCUT2D eigenvalue weighted by molar-refractivity contribution is 6.22. The fourth-order valence-corrected chi connectivity index (χ4v) is 4.78. The summed E-state index contributed by atoms with van der Waals surface area (Å²) < 4.78 is 11.2. The van der Waals surface area contributed by atoms with Crippen LogP contribution in [0.15, 0.2) is 36.5 Å². The van der Waals surface area contributed by atoms with Crippen LogP contribution >= 0.6 is 0 Å². The van der Waals surface area contributed by atoms with E-state index in [1.54, 1.807) is 14.2 Å². The minimum Gasteiger partial charge on any atom is -0.493 e. The molecule has 0 saturated heterocycles. The number of nitrogens with one attached hydrogen (secondary N) is 1. The molecule has 194 valence electrons. The van der Waals surface area contributed by atoms with Crippen LogP contribution in [0.2, 0.25) is 0 Å². The van der Waals surface area contributed by atoms with Crippen LogP contribution in [-0.4, -0.2) is 56.2 Å². The second-order valence-corrected chi connectivity index (χ2v) is 10.3.